The second-order valence-electron chi connectivity index (χ2n) is 3.98. The number of carbonyl (C=O) groups excluding carboxylic acids is 1. The molecule has 1 rings (SSSR count). The highest BCUT2D eigenvalue weighted by molar-refractivity contribution is 5.95. The van der Waals surface area contributed by atoms with Crippen molar-refractivity contribution < 1.29 is 9.18 Å². The summed E-state index contributed by atoms with van der Waals surface area (Å²) in [4.78, 5) is 17.7. The van der Waals surface area contributed by atoms with E-state index in [1.807, 2.05) is 20.9 Å². The quantitative estimate of drug-likeness (QED) is 0.717. The summed E-state index contributed by atoms with van der Waals surface area (Å²) < 4.78 is 12.6. The lowest BCUT2D eigenvalue weighted by atomic mass is 10.0. The third-order valence-corrected chi connectivity index (χ3v) is 2.55. The fraction of sp³-hybridized carbons (Fsp3) is 0.500. The van der Waals surface area contributed by atoms with Crippen LogP contribution in [0.5, 0.6) is 0 Å². The van der Waals surface area contributed by atoms with E-state index in [-0.39, 0.29) is 11.7 Å². The molecule has 1 heterocycles. The van der Waals surface area contributed by atoms with Crippen molar-refractivity contribution in [2.24, 2.45) is 5.92 Å². The van der Waals surface area contributed by atoms with E-state index >= 15 is 0 Å². The largest absolute Gasteiger partial charge is 0.306 e. The van der Waals surface area contributed by atoms with Crippen LogP contribution in [0.3, 0.4) is 0 Å². The van der Waals surface area contributed by atoms with Crippen LogP contribution in [0.4, 0.5) is 4.39 Å². The van der Waals surface area contributed by atoms with Crippen LogP contribution in [0.2, 0.25) is 0 Å². The second-order valence-corrected chi connectivity index (χ2v) is 3.98. The molecule has 1 aromatic heterocycles. The fourth-order valence-corrected chi connectivity index (χ4v) is 1.45. The van der Waals surface area contributed by atoms with E-state index in [1.165, 1.54) is 12.1 Å². The number of nitrogens with zero attached hydrogens (tertiary/aromatic N) is 2. The second kappa shape index (κ2) is 5.70. The van der Waals surface area contributed by atoms with E-state index in [0.29, 0.717) is 12.2 Å². The van der Waals surface area contributed by atoms with Gasteiger partial charge in [0.1, 0.15) is 11.5 Å². The molecular formula is C12H17FN2O. The average molecular weight is 224 g/mol. The van der Waals surface area contributed by atoms with E-state index in [9.17, 15) is 9.18 Å². The lowest BCUT2D eigenvalue weighted by molar-refractivity contribution is 0.0899. The zero-order valence-corrected chi connectivity index (χ0v) is 9.90. The normalized spacial score (nSPS) is 12.8. The first-order valence-electron chi connectivity index (χ1n) is 5.39. The summed E-state index contributed by atoms with van der Waals surface area (Å²) in [5, 5.41) is 0. The summed E-state index contributed by atoms with van der Waals surface area (Å²) in [7, 11) is 1.96. The highest BCUT2D eigenvalue weighted by Gasteiger charge is 2.17. The molecule has 0 amide bonds. The van der Waals surface area contributed by atoms with E-state index in [0.717, 1.165) is 12.7 Å². The Morgan fingerprint density at radius 3 is 2.75 bits per heavy atom. The Kier molecular flexibility index (Phi) is 4.55. The number of Topliss-reactive ketones (excluding diaryl/α,β-unsaturated/α-hetero) is 1. The van der Waals surface area contributed by atoms with Crippen LogP contribution in [-0.4, -0.2) is 35.8 Å². The van der Waals surface area contributed by atoms with E-state index in [4.69, 9.17) is 0 Å². The Morgan fingerprint density at radius 1 is 1.56 bits per heavy atom. The summed E-state index contributed by atoms with van der Waals surface area (Å²) in [5.74, 6) is -0.585. The van der Waals surface area contributed by atoms with Gasteiger partial charge in [0.2, 0.25) is 0 Å². The third kappa shape index (κ3) is 3.38. The first-order valence-corrected chi connectivity index (χ1v) is 5.39. The number of halogens is 1. The number of aromatic nitrogens is 1. The molecule has 1 atom stereocenters. The van der Waals surface area contributed by atoms with Crippen LogP contribution in [0.25, 0.3) is 0 Å². The van der Waals surface area contributed by atoms with Gasteiger partial charge in [-0.15, -0.1) is 0 Å². The number of pyridine rings is 1. The molecule has 0 aliphatic carbocycles. The van der Waals surface area contributed by atoms with Gasteiger partial charge in [0.05, 0.1) is 6.20 Å². The molecule has 3 nitrogen and oxygen atoms in total. The predicted octanol–water partition coefficient (Wildman–Crippen LogP) is 1.99. The molecular weight excluding hydrogens is 207 g/mol. The molecule has 0 saturated carbocycles. The summed E-state index contributed by atoms with van der Waals surface area (Å²) in [6.07, 6.45) is 1.07. The number of carbonyl (C=O) groups is 1. The molecule has 0 aliphatic heterocycles. The van der Waals surface area contributed by atoms with Gasteiger partial charge in [-0.3, -0.25) is 9.78 Å². The molecule has 0 aromatic carbocycles. The maximum Gasteiger partial charge on any atom is 0.185 e. The standard InChI is InChI=1S/C12H17FN2O/c1-4-15(3)8-9(2)12(16)11-6-5-10(13)7-14-11/h5-7,9H,4,8H2,1-3H3. The maximum absolute atomic E-state index is 12.6. The fourth-order valence-electron chi connectivity index (χ4n) is 1.45. The van der Waals surface area contributed by atoms with Crippen molar-refractivity contribution in [3.8, 4) is 0 Å². The molecule has 0 spiro atoms. The van der Waals surface area contributed by atoms with Crippen LogP contribution in [-0.2, 0) is 0 Å². The van der Waals surface area contributed by atoms with Gasteiger partial charge in [-0.05, 0) is 25.7 Å². The number of rotatable bonds is 5. The predicted molar refractivity (Wildman–Crippen MR) is 60.9 cm³/mol. The van der Waals surface area contributed by atoms with Crippen molar-refractivity contribution in [3.63, 3.8) is 0 Å². The zero-order valence-electron chi connectivity index (χ0n) is 9.90. The molecule has 0 aliphatic rings. The molecule has 0 bridgehead atoms. The van der Waals surface area contributed by atoms with Gasteiger partial charge in [0.15, 0.2) is 5.78 Å². The summed E-state index contributed by atoms with van der Waals surface area (Å²) in [6.45, 7) is 5.48. The molecule has 1 unspecified atom stereocenters. The van der Waals surface area contributed by atoms with Crippen molar-refractivity contribution >= 4 is 5.78 Å². The summed E-state index contributed by atoms with van der Waals surface area (Å²) in [5.41, 5.74) is 0.332. The van der Waals surface area contributed by atoms with Crippen LogP contribution in [0, 0.1) is 11.7 Å². The van der Waals surface area contributed by atoms with Gasteiger partial charge < -0.3 is 4.90 Å². The molecule has 0 fully saturated rings. The monoisotopic (exact) mass is 224 g/mol. The maximum atomic E-state index is 12.6. The SMILES string of the molecule is CCN(C)CC(C)C(=O)c1ccc(F)cn1. The Balaban J connectivity index is 2.67. The minimum Gasteiger partial charge on any atom is -0.306 e. The minimum absolute atomic E-state index is 0.0414. The molecule has 1 aromatic rings. The number of ketones is 1. The van der Waals surface area contributed by atoms with Gasteiger partial charge in [-0.1, -0.05) is 13.8 Å². The lowest BCUT2D eigenvalue weighted by Crippen LogP contribution is -2.28. The summed E-state index contributed by atoms with van der Waals surface area (Å²) in [6, 6.07) is 2.69. The highest BCUT2D eigenvalue weighted by Crippen LogP contribution is 2.08. The van der Waals surface area contributed by atoms with E-state index < -0.39 is 5.82 Å². The van der Waals surface area contributed by atoms with Crippen LogP contribution >= 0.6 is 0 Å². The lowest BCUT2D eigenvalue weighted by Gasteiger charge is -2.18. The van der Waals surface area contributed by atoms with Crippen molar-refractivity contribution in [1.29, 1.82) is 0 Å². The van der Waals surface area contributed by atoms with Crippen molar-refractivity contribution in [1.82, 2.24) is 9.88 Å². The molecule has 4 heteroatoms. The molecule has 0 N–H and O–H groups in total. The number of hydrogen-bond donors (Lipinski definition) is 0. The minimum atomic E-state index is -0.421. The third-order valence-electron chi connectivity index (χ3n) is 2.55. The topological polar surface area (TPSA) is 33.2 Å². The Bertz CT molecular complexity index is 351. The summed E-state index contributed by atoms with van der Waals surface area (Å²) >= 11 is 0. The van der Waals surface area contributed by atoms with Gasteiger partial charge in [-0.2, -0.15) is 0 Å². The van der Waals surface area contributed by atoms with E-state index in [1.54, 1.807) is 0 Å². The molecule has 88 valence electrons. The first-order chi connectivity index (χ1) is 7.54. The molecule has 16 heavy (non-hydrogen) atoms. The van der Waals surface area contributed by atoms with Gasteiger partial charge in [-0.25, -0.2) is 4.39 Å². The zero-order chi connectivity index (χ0) is 12.1. The van der Waals surface area contributed by atoms with Crippen molar-refractivity contribution in [3.05, 3.63) is 29.8 Å². The van der Waals surface area contributed by atoms with E-state index in [2.05, 4.69) is 9.88 Å². The van der Waals surface area contributed by atoms with Crippen LogP contribution < -0.4 is 0 Å². The molecule has 0 radical (unpaired) electrons. The Labute approximate surface area is 95.3 Å². The smallest absolute Gasteiger partial charge is 0.185 e. The molecule has 0 saturated heterocycles. The van der Waals surface area contributed by atoms with Crippen LogP contribution in [0.1, 0.15) is 24.3 Å². The Hall–Kier alpha value is -1.29. The Morgan fingerprint density at radius 2 is 2.25 bits per heavy atom. The number of hydrogen-bond acceptors (Lipinski definition) is 3. The van der Waals surface area contributed by atoms with Gasteiger partial charge >= 0.3 is 0 Å². The first kappa shape index (κ1) is 12.8. The van der Waals surface area contributed by atoms with Crippen LogP contribution in [0.15, 0.2) is 18.3 Å². The van der Waals surface area contributed by atoms with Gasteiger partial charge in [0, 0.05) is 12.5 Å². The van der Waals surface area contributed by atoms with Crippen molar-refractivity contribution in [2.75, 3.05) is 20.1 Å². The average Bonchev–Trinajstić information content (AvgIpc) is 2.28. The van der Waals surface area contributed by atoms with Gasteiger partial charge in [0.25, 0.3) is 0 Å². The van der Waals surface area contributed by atoms with Crippen molar-refractivity contribution in [2.45, 2.75) is 13.8 Å². The highest BCUT2D eigenvalue weighted by atomic mass is 19.1.